The zero-order chi connectivity index (χ0) is 6.74. The average Bonchev–Trinajstić information content (AvgIpc) is 1.79. The third-order valence-electron chi connectivity index (χ3n) is 1.22. The van der Waals surface area contributed by atoms with E-state index in [1.54, 1.807) is 0 Å². The lowest BCUT2D eigenvalue weighted by atomic mass is 9.99. The highest BCUT2D eigenvalue weighted by Gasteiger charge is 2.31. The molecule has 9 heavy (non-hydrogen) atoms. The van der Waals surface area contributed by atoms with Crippen LogP contribution in [-0.2, 0) is 0 Å². The number of hydrogen-bond donors (Lipinski definition) is 2. The van der Waals surface area contributed by atoms with Crippen LogP contribution in [0.25, 0.3) is 0 Å². The summed E-state index contributed by atoms with van der Waals surface area (Å²) in [5.74, 6) is 2.75. The molecule has 0 amide bonds. The quantitative estimate of drug-likeness (QED) is 0.454. The molecule has 2 N–H and O–H groups in total. The summed E-state index contributed by atoms with van der Waals surface area (Å²) in [4.78, 5) is 0. The predicted molar refractivity (Wildman–Crippen MR) is 39.1 cm³/mol. The Hall–Kier alpha value is -0.170. The third-order valence-corrected chi connectivity index (χ3v) is 1.53. The molecule has 1 saturated heterocycles. The van der Waals surface area contributed by atoms with E-state index in [0.29, 0.717) is 13.1 Å². The van der Waals surface area contributed by atoms with E-state index in [-0.39, 0.29) is 0 Å². The Bertz CT molecular complexity index is 154. The van der Waals surface area contributed by atoms with Gasteiger partial charge < -0.3 is 10.4 Å². The first-order chi connectivity index (χ1) is 4.27. The molecule has 0 bridgehead atoms. The zero-order valence-corrected chi connectivity index (χ0v) is 6.09. The predicted octanol–water partition coefficient (Wildman–Crippen LogP) is -0.355. The first-order valence-corrected chi connectivity index (χ1v) is 3.97. The van der Waals surface area contributed by atoms with Crippen LogP contribution in [-0.4, -0.2) is 30.1 Å². The summed E-state index contributed by atoms with van der Waals surface area (Å²) in [6, 6.07) is 0. The maximum absolute atomic E-state index is 9.29. The Kier molecular flexibility index (Phi) is 2.01. The lowest BCUT2D eigenvalue weighted by Crippen LogP contribution is -2.58. The van der Waals surface area contributed by atoms with Crippen molar-refractivity contribution >= 4 is 11.8 Å². The van der Waals surface area contributed by atoms with E-state index in [9.17, 15) is 5.11 Å². The van der Waals surface area contributed by atoms with Crippen molar-refractivity contribution in [1.29, 1.82) is 0 Å². The van der Waals surface area contributed by atoms with Crippen LogP contribution in [0.1, 0.15) is 0 Å². The van der Waals surface area contributed by atoms with Crippen molar-refractivity contribution in [3.05, 3.63) is 0 Å². The third kappa shape index (κ3) is 1.62. The van der Waals surface area contributed by atoms with E-state index in [4.69, 9.17) is 0 Å². The molecule has 0 saturated carbocycles. The van der Waals surface area contributed by atoms with Gasteiger partial charge >= 0.3 is 0 Å². The monoisotopic (exact) mass is 143 g/mol. The molecule has 2 nitrogen and oxygen atoms in total. The Labute approximate surface area is 59.0 Å². The second kappa shape index (κ2) is 2.61. The van der Waals surface area contributed by atoms with Crippen LogP contribution in [0.15, 0.2) is 0 Å². The van der Waals surface area contributed by atoms with Gasteiger partial charge in [-0.25, -0.2) is 0 Å². The molecule has 3 heteroatoms. The summed E-state index contributed by atoms with van der Waals surface area (Å²) in [7, 11) is 0. The van der Waals surface area contributed by atoms with Crippen molar-refractivity contribution in [2.75, 3.05) is 19.3 Å². The Balaban J connectivity index is 2.41. The van der Waals surface area contributed by atoms with Crippen molar-refractivity contribution in [2.24, 2.45) is 0 Å². The first-order valence-electron chi connectivity index (χ1n) is 2.75. The van der Waals surface area contributed by atoms with Crippen LogP contribution < -0.4 is 5.32 Å². The molecule has 0 unspecified atom stereocenters. The number of thioether (sulfide) groups is 1. The SMILES string of the molecule is CSC#CC1(O)CNC1. The molecule has 0 aromatic rings. The Morgan fingerprint density at radius 2 is 2.33 bits per heavy atom. The van der Waals surface area contributed by atoms with Crippen LogP contribution >= 0.6 is 11.8 Å². The largest absolute Gasteiger partial charge is 0.375 e. The normalized spacial score (nSPS) is 21.6. The molecule has 0 spiro atoms. The topological polar surface area (TPSA) is 32.3 Å². The molecule has 1 aliphatic rings. The molecule has 1 heterocycles. The van der Waals surface area contributed by atoms with Gasteiger partial charge in [-0.15, -0.1) is 0 Å². The highest BCUT2D eigenvalue weighted by Crippen LogP contribution is 2.08. The second-order valence-corrected chi connectivity index (χ2v) is 2.68. The van der Waals surface area contributed by atoms with Crippen molar-refractivity contribution in [3.63, 3.8) is 0 Å². The minimum atomic E-state index is -0.719. The van der Waals surface area contributed by atoms with Crippen molar-refractivity contribution < 1.29 is 5.11 Å². The fourth-order valence-corrected chi connectivity index (χ4v) is 0.888. The van der Waals surface area contributed by atoms with Crippen LogP contribution in [0.5, 0.6) is 0 Å². The summed E-state index contributed by atoms with van der Waals surface area (Å²) < 4.78 is 0. The van der Waals surface area contributed by atoms with Gasteiger partial charge in [0.1, 0.15) is 0 Å². The van der Waals surface area contributed by atoms with E-state index < -0.39 is 5.60 Å². The van der Waals surface area contributed by atoms with Gasteiger partial charge in [0, 0.05) is 13.1 Å². The Morgan fingerprint density at radius 1 is 1.67 bits per heavy atom. The average molecular weight is 143 g/mol. The fraction of sp³-hybridized carbons (Fsp3) is 0.667. The highest BCUT2D eigenvalue weighted by molar-refractivity contribution is 8.03. The van der Waals surface area contributed by atoms with E-state index in [1.807, 2.05) is 6.26 Å². The van der Waals surface area contributed by atoms with E-state index in [1.165, 1.54) is 11.8 Å². The van der Waals surface area contributed by atoms with Gasteiger partial charge in [-0.05, 0) is 11.5 Å². The minimum absolute atomic E-state index is 0.612. The summed E-state index contributed by atoms with van der Waals surface area (Å²) in [6.07, 6.45) is 1.89. The van der Waals surface area contributed by atoms with Gasteiger partial charge in [-0.2, -0.15) is 0 Å². The van der Waals surface area contributed by atoms with Crippen LogP contribution in [0, 0.1) is 11.2 Å². The molecule has 1 aliphatic heterocycles. The fourth-order valence-electron chi connectivity index (χ4n) is 0.596. The van der Waals surface area contributed by atoms with Crippen molar-refractivity contribution in [1.82, 2.24) is 5.32 Å². The van der Waals surface area contributed by atoms with Crippen LogP contribution in [0.2, 0.25) is 0 Å². The number of β-amino-alcohol motifs (C(OH)–C–C–N with tert-alkyl or cyclic N) is 1. The maximum atomic E-state index is 9.29. The van der Waals surface area contributed by atoms with Crippen LogP contribution in [0.3, 0.4) is 0 Å². The number of nitrogens with one attached hydrogen (secondary N) is 1. The van der Waals surface area contributed by atoms with E-state index in [2.05, 4.69) is 16.5 Å². The summed E-state index contributed by atoms with van der Waals surface area (Å²) in [6.45, 7) is 1.22. The van der Waals surface area contributed by atoms with Gasteiger partial charge in [0.2, 0.25) is 0 Å². The maximum Gasteiger partial charge on any atom is 0.150 e. The number of rotatable bonds is 0. The molecule has 1 rings (SSSR count). The lowest BCUT2D eigenvalue weighted by molar-refractivity contribution is 0.0474. The molecule has 50 valence electrons. The summed E-state index contributed by atoms with van der Waals surface area (Å²) in [5, 5.41) is 15.0. The van der Waals surface area contributed by atoms with Crippen molar-refractivity contribution in [2.45, 2.75) is 5.60 Å². The first kappa shape index (κ1) is 6.94. The lowest BCUT2D eigenvalue weighted by Gasteiger charge is -2.32. The second-order valence-electron chi connectivity index (χ2n) is 2.07. The Morgan fingerprint density at radius 3 is 2.67 bits per heavy atom. The van der Waals surface area contributed by atoms with Crippen molar-refractivity contribution in [3.8, 4) is 11.2 Å². The summed E-state index contributed by atoms with van der Waals surface area (Å²) in [5.41, 5.74) is -0.719. The molecule has 0 radical (unpaired) electrons. The van der Waals surface area contributed by atoms with Gasteiger partial charge in [-0.3, -0.25) is 0 Å². The van der Waals surface area contributed by atoms with Gasteiger partial charge in [0.05, 0.1) is 0 Å². The van der Waals surface area contributed by atoms with Gasteiger partial charge in [-0.1, -0.05) is 17.7 Å². The van der Waals surface area contributed by atoms with E-state index >= 15 is 0 Å². The molecular weight excluding hydrogens is 134 g/mol. The minimum Gasteiger partial charge on any atom is -0.375 e. The molecular formula is C6H9NOS. The molecule has 0 atom stereocenters. The van der Waals surface area contributed by atoms with Gasteiger partial charge in [0.25, 0.3) is 0 Å². The smallest absolute Gasteiger partial charge is 0.150 e. The standard InChI is InChI=1S/C6H9NOS/c1-9-3-2-6(8)4-7-5-6/h7-8H,4-5H2,1H3. The van der Waals surface area contributed by atoms with E-state index in [0.717, 1.165) is 0 Å². The number of aliphatic hydroxyl groups is 1. The molecule has 0 aromatic heterocycles. The molecule has 0 aliphatic carbocycles. The molecule has 1 fully saturated rings. The zero-order valence-electron chi connectivity index (χ0n) is 5.27. The molecule has 0 aromatic carbocycles. The highest BCUT2D eigenvalue weighted by atomic mass is 32.2. The van der Waals surface area contributed by atoms with Crippen LogP contribution in [0.4, 0.5) is 0 Å². The summed E-state index contributed by atoms with van der Waals surface area (Å²) >= 11 is 1.43. The number of hydrogen-bond acceptors (Lipinski definition) is 3. The van der Waals surface area contributed by atoms with Gasteiger partial charge in [0.15, 0.2) is 5.60 Å².